The first-order valence-electron chi connectivity index (χ1n) is 7.22. The van der Waals surface area contributed by atoms with Crippen LogP contribution in [-0.4, -0.2) is 20.1 Å². The van der Waals surface area contributed by atoms with E-state index in [1.807, 2.05) is 0 Å². The van der Waals surface area contributed by atoms with E-state index in [9.17, 15) is 18.0 Å². The molecule has 0 heterocycles. The van der Waals surface area contributed by atoms with E-state index in [0.717, 1.165) is 12.1 Å². The number of benzene rings is 2. The summed E-state index contributed by atoms with van der Waals surface area (Å²) < 4.78 is 49.0. The van der Waals surface area contributed by atoms with E-state index in [1.165, 1.54) is 38.5 Å². The van der Waals surface area contributed by atoms with Gasteiger partial charge >= 0.3 is 6.18 Å². The number of ether oxygens (including phenoxy) is 2. The average Bonchev–Trinajstić information content (AvgIpc) is 2.59. The van der Waals surface area contributed by atoms with Gasteiger partial charge in [-0.3, -0.25) is 4.79 Å². The normalized spacial score (nSPS) is 11.4. The Balaban J connectivity index is 2.15. The Morgan fingerprint density at radius 1 is 1.04 bits per heavy atom. The monoisotopic (exact) mass is 351 g/mol. The Morgan fingerprint density at radius 2 is 1.72 bits per heavy atom. The second-order valence-electron chi connectivity index (χ2n) is 4.98. The van der Waals surface area contributed by atoms with E-state index >= 15 is 0 Å². The summed E-state index contributed by atoms with van der Waals surface area (Å²) in [6.45, 7) is 0. The molecule has 0 saturated carbocycles. The molecule has 7 heteroatoms. The summed E-state index contributed by atoms with van der Waals surface area (Å²) in [5.74, 6) is 0.335. The van der Waals surface area contributed by atoms with Crippen LogP contribution in [0.4, 0.5) is 18.9 Å². The summed E-state index contributed by atoms with van der Waals surface area (Å²) in [4.78, 5) is 11.9. The van der Waals surface area contributed by atoms with Crippen LogP contribution in [0, 0.1) is 0 Å². The lowest BCUT2D eigenvalue weighted by atomic mass is 10.1. The summed E-state index contributed by atoms with van der Waals surface area (Å²) in [6.07, 6.45) is -1.93. The molecule has 0 fully saturated rings. The molecule has 0 aliphatic rings. The lowest BCUT2D eigenvalue weighted by molar-refractivity contribution is -0.136. The number of rotatable bonds is 5. The SMILES string of the molecule is COc1ccc(/C=C/C(=O)Nc2ccccc2C(F)(F)F)cc1OC. The highest BCUT2D eigenvalue weighted by Crippen LogP contribution is 2.34. The molecule has 4 nitrogen and oxygen atoms in total. The van der Waals surface area contributed by atoms with Crippen molar-refractivity contribution in [3.63, 3.8) is 0 Å². The number of para-hydroxylation sites is 1. The van der Waals surface area contributed by atoms with Crippen molar-refractivity contribution in [1.82, 2.24) is 0 Å². The Hall–Kier alpha value is -2.96. The second-order valence-corrected chi connectivity index (χ2v) is 4.98. The topological polar surface area (TPSA) is 47.6 Å². The summed E-state index contributed by atoms with van der Waals surface area (Å²) in [5.41, 5.74) is -0.559. The molecule has 0 spiro atoms. The van der Waals surface area contributed by atoms with Gasteiger partial charge in [-0.1, -0.05) is 18.2 Å². The Morgan fingerprint density at radius 3 is 2.36 bits per heavy atom. The molecule has 1 amide bonds. The van der Waals surface area contributed by atoms with Crippen LogP contribution in [0.5, 0.6) is 11.5 Å². The molecule has 2 aromatic carbocycles. The van der Waals surface area contributed by atoms with E-state index in [-0.39, 0.29) is 5.69 Å². The molecule has 0 atom stereocenters. The third-order valence-electron chi connectivity index (χ3n) is 3.33. The Labute approximate surface area is 142 Å². The van der Waals surface area contributed by atoms with E-state index in [0.29, 0.717) is 17.1 Å². The van der Waals surface area contributed by atoms with E-state index in [2.05, 4.69) is 5.32 Å². The van der Waals surface area contributed by atoms with Crippen molar-refractivity contribution in [2.24, 2.45) is 0 Å². The maximum absolute atomic E-state index is 12.9. The first-order chi connectivity index (χ1) is 11.8. The Bertz CT molecular complexity index is 785. The molecule has 1 N–H and O–H groups in total. The summed E-state index contributed by atoms with van der Waals surface area (Å²) in [5, 5.41) is 2.24. The van der Waals surface area contributed by atoms with Crippen molar-refractivity contribution in [2.45, 2.75) is 6.18 Å². The van der Waals surface area contributed by atoms with Gasteiger partial charge in [-0.15, -0.1) is 0 Å². The zero-order valence-corrected chi connectivity index (χ0v) is 13.6. The van der Waals surface area contributed by atoms with Crippen LogP contribution in [0.15, 0.2) is 48.5 Å². The lowest BCUT2D eigenvalue weighted by Crippen LogP contribution is -2.14. The fourth-order valence-electron chi connectivity index (χ4n) is 2.14. The van der Waals surface area contributed by atoms with Crippen molar-refractivity contribution in [3.8, 4) is 11.5 Å². The number of amides is 1. The molecule has 25 heavy (non-hydrogen) atoms. The van der Waals surface area contributed by atoms with Crippen molar-refractivity contribution in [1.29, 1.82) is 0 Å². The predicted octanol–water partition coefficient (Wildman–Crippen LogP) is 4.37. The second kappa shape index (κ2) is 7.74. The fourth-order valence-corrected chi connectivity index (χ4v) is 2.14. The first kappa shape index (κ1) is 18.4. The van der Waals surface area contributed by atoms with Gasteiger partial charge in [-0.2, -0.15) is 13.2 Å². The molecule has 0 saturated heterocycles. The average molecular weight is 351 g/mol. The van der Waals surface area contributed by atoms with Crippen LogP contribution in [0.1, 0.15) is 11.1 Å². The van der Waals surface area contributed by atoms with Crippen LogP contribution in [0.3, 0.4) is 0 Å². The third kappa shape index (κ3) is 4.76. The highest BCUT2D eigenvalue weighted by molar-refractivity contribution is 6.02. The quantitative estimate of drug-likeness (QED) is 0.814. The van der Waals surface area contributed by atoms with Gasteiger partial charge in [0.25, 0.3) is 0 Å². The highest BCUT2D eigenvalue weighted by atomic mass is 19.4. The molecule has 0 aliphatic carbocycles. The Kier molecular flexibility index (Phi) is 5.69. The smallest absolute Gasteiger partial charge is 0.418 e. The molecule has 0 bridgehead atoms. The molecule has 2 rings (SSSR count). The standard InChI is InChI=1S/C18H16F3NO3/c1-24-15-9-7-12(11-16(15)25-2)8-10-17(23)22-14-6-4-3-5-13(14)18(19,20)21/h3-11H,1-2H3,(H,22,23)/b10-8+. The summed E-state index contributed by atoms with van der Waals surface area (Å²) in [7, 11) is 2.98. The minimum atomic E-state index is -4.54. The number of anilines is 1. The van der Waals surface area contributed by atoms with Crippen molar-refractivity contribution < 1.29 is 27.4 Å². The number of carbonyl (C=O) groups excluding carboxylic acids is 1. The molecule has 2 aromatic rings. The summed E-state index contributed by atoms with van der Waals surface area (Å²) >= 11 is 0. The van der Waals surface area contributed by atoms with Crippen molar-refractivity contribution in [2.75, 3.05) is 19.5 Å². The van der Waals surface area contributed by atoms with Crippen molar-refractivity contribution in [3.05, 3.63) is 59.7 Å². The maximum atomic E-state index is 12.9. The van der Waals surface area contributed by atoms with Gasteiger partial charge in [0.15, 0.2) is 11.5 Å². The van der Waals surface area contributed by atoms with Gasteiger partial charge in [0.2, 0.25) is 5.91 Å². The van der Waals surface area contributed by atoms with Gasteiger partial charge in [0, 0.05) is 6.08 Å². The molecular formula is C18H16F3NO3. The molecule has 0 aromatic heterocycles. The van der Waals surface area contributed by atoms with Gasteiger partial charge in [0.1, 0.15) is 0 Å². The number of nitrogens with one attached hydrogen (secondary N) is 1. The maximum Gasteiger partial charge on any atom is 0.418 e. The molecule has 0 radical (unpaired) electrons. The number of methoxy groups -OCH3 is 2. The third-order valence-corrected chi connectivity index (χ3v) is 3.33. The van der Waals surface area contributed by atoms with Gasteiger partial charge in [-0.25, -0.2) is 0 Å². The zero-order chi connectivity index (χ0) is 18.4. The van der Waals surface area contributed by atoms with E-state index < -0.39 is 17.6 Å². The van der Waals surface area contributed by atoms with Crippen LogP contribution in [0.2, 0.25) is 0 Å². The van der Waals surface area contributed by atoms with E-state index in [4.69, 9.17) is 9.47 Å². The van der Waals surface area contributed by atoms with Crippen LogP contribution in [-0.2, 0) is 11.0 Å². The molecule has 0 aliphatic heterocycles. The number of halogens is 3. The number of alkyl halides is 3. The van der Waals surface area contributed by atoms with Gasteiger partial charge < -0.3 is 14.8 Å². The fraction of sp³-hybridized carbons (Fsp3) is 0.167. The van der Waals surface area contributed by atoms with Crippen molar-refractivity contribution >= 4 is 17.7 Å². The predicted molar refractivity (Wildman–Crippen MR) is 88.7 cm³/mol. The van der Waals surface area contributed by atoms with E-state index in [1.54, 1.807) is 18.2 Å². The number of hydrogen-bond donors (Lipinski definition) is 1. The molecule has 0 unspecified atom stereocenters. The number of carbonyl (C=O) groups is 1. The zero-order valence-electron chi connectivity index (χ0n) is 13.6. The van der Waals surface area contributed by atoms with Crippen LogP contribution < -0.4 is 14.8 Å². The minimum Gasteiger partial charge on any atom is -0.493 e. The molecular weight excluding hydrogens is 335 g/mol. The number of hydrogen-bond acceptors (Lipinski definition) is 3. The lowest BCUT2D eigenvalue weighted by Gasteiger charge is -2.12. The molecule has 132 valence electrons. The van der Waals surface area contributed by atoms with Crippen LogP contribution >= 0.6 is 0 Å². The first-order valence-corrected chi connectivity index (χ1v) is 7.22. The van der Waals surface area contributed by atoms with Gasteiger partial charge in [0.05, 0.1) is 25.5 Å². The highest BCUT2D eigenvalue weighted by Gasteiger charge is 2.33. The van der Waals surface area contributed by atoms with Crippen LogP contribution in [0.25, 0.3) is 6.08 Å². The minimum absolute atomic E-state index is 0.294. The summed E-state index contributed by atoms with van der Waals surface area (Å²) in [6, 6.07) is 9.79. The van der Waals surface area contributed by atoms with Gasteiger partial charge in [-0.05, 0) is 35.9 Å². The largest absolute Gasteiger partial charge is 0.493 e.